The van der Waals surface area contributed by atoms with E-state index in [9.17, 15) is 9.59 Å². The van der Waals surface area contributed by atoms with E-state index in [4.69, 9.17) is 0 Å². The van der Waals surface area contributed by atoms with Crippen molar-refractivity contribution in [2.24, 2.45) is 0 Å². The molecule has 2 aliphatic rings. The van der Waals surface area contributed by atoms with Crippen LogP contribution in [0.2, 0.25) is 0 Å². The molecule has 1 N–H and O–H groups in total. The van der Waals surface area contributed by atoms with Crippen molar-refractivity contribution in [1.82, 2.24) is 14.8 Å². The first-order valence-electron chi connectivity index (χ1n) is 13.4. The third-order valence-electron chi connectivity index (χ3n) is 7.97. The fourth-order valence-corrected chi connectivity index (χ4v) is 5.70. The third kappa shape index (κ3) is 4.84. The standard InChI is InChI=1S/C31H37N3O2/c1-23-15-17-24(18-16-23)21-34-29(35)28-20-19-27(25-11-7-6-8-12-25)33(28)22-31(34,2)30(36)32-26-13-9-4-3-5-10-14-26/h6-8,11-12,15-20,26H,3-5,9-10,13-14,21-22H2,1-2H3,(H,32,36). The molecule has 2 amide bonds. The summed E-state index contributed by atoms with van der Waals surface area (Å²) in [6.45, 7) is 4.82. The highest BCUT2D eigenvalue weighted by atomic mass is 16.2. The summed E-state index contributed by atoms with van der Waals surface area (Å²) >= 11 is 0. The topological polar surface area (TPSA) is 54.3 Å². The van der Waals surface area contributed by atoms with E-state index in [-0.39, 0.29) is 17.9 Å². The number of aryl methyl sites for hydroxylation is 1. The van der Waals surface area contributed by atoms with Gasteiger partial charge in [-0.2, -0.15) is 0 Å². The van der Waals surface area contributed by atoms with Crippen LogP contribution in [0.5, 0.6) is 0 Å². The Morgan fingerprint density at radius 3 is 2.22 bits per heavy atom. The molecular weight excluding hydrogens is 446 g/mol. The van der Waals surface area contributed by atoms with Gasteiger partial charge in [-0.1, -0.05) is 92.3 Å². The molecule has 0 spiro atoms. The molecule has 3 aromatic rings. The van der Waals surface area contributed by atoms with Crippen molar-refractivity contribution in [3.63, 3.8) is 0 Å². The lowest BCUT2D eigenvalue weighted by Crippen LogP contribution is -2.64. The molecule has 188 valence electrons. The Balaban J connectivity index is 1.50. The lowest BCUT2D eigenvalue weighted by molar-refractivity contribution is -0.134. The zero-order chi connectivity index (χ0) is 25.1. The van der Waals surface area contributed by atoms with Crippen molar-refractivity contribution in [2.75, 3.05) is 0 Å². The molecule has 1 aromatic heterocycles. The highest BCUT2D eigenvalue weighted by Gasteiger charge is 2.48. The van der Waals surface area contributed by atoms with E-state index in [1.807, 2.05) is 41.8 Å². The molecule has 2 aromatic carbocycles. The Kier molecular flexibility index (Phi) is 6.99. The largest absolute Gasteiger partial charge is 0.351 e. The molecule has 1 aliphatic carbocycles. The zero-order valence-electron chi connectivity index (χ0n) is 21.5. The van der Waals surface area contributed by atoms with Crippen molar-refractivity contribution >= 4 is 11.8 Å². The van der Waals surface area contributed by atoms with Gasteiger partial charge in [0, 0.05) is 18.3 Å². The molecule has 1 fully saturated rings. The number of benzene rings is 2. The van der Waals surface area contributed by atoms with Crippen LogP contribution in [0, 0.1) is 6.92 Å². The minimum Gasteiger partial charge on any atom is -0.351 e. The molecule has 1 unspecified atom stereocenters. The SMILES string of the molecule is Cc1ccc(CN2C(=O)c3ccc(-c4ccccc4)n3CC2(C)C(=O)NC2CCCCCCC2)cc1. The van der Waals surface area contributed by atoms with E-state index >= 15 is 0 Å². The number of rotatable bonds is 5. The number of hydrogen-bond acceptors (Lipinski definition) is 2. The zero-order valence-corrected chi connectivity index (χ0v) is 21.5. The maximum Gasteiger partial charge on any atom is 0.271 e. The number of aromatic nitrogens is 1. The van der Waals surface area contributed by atoms with E-state index in [0.29, 0.717) is 18.8 Å². The van der Waals surface area contributed by atoms with Crippen LogP contribution in [0.15, 0.2) is 66.7 Å². The predicted molar refractivity (Wildman–Crippen MR) is 144 cm³/mol. The van der Waals surface area contributed by atoms with Crippen molar-refractivity contribution in [1.29, 1.82) is 0 Å². The number of nitrogens with zero attached hydrogens (tertiary/aromatic N) is 2. The quantitative estimate of drug-likeness (QED) is 0.476. The monoisotopic (exact) mass is 483 g/mol. The van der Waals surface area contributed by atoms with Gasteiger partial charge < -0.3 is 14.8 Å². The van der Waals surface area contributed by atoms with Crippen LogP contribution in [0.3, 0.4) is 0 Å². The molecule has 0 bridgehead atoms. The summed E-state index contributed by atoms with van der Waals surface area (Å²) in [7, 11) is 0. The minimum absolute atomic E-state index is 0.0492. The Morgan fingerprint density at radius 2 is 1.53 bits per heavy atom. The molecule has 5 heteroatoms. The number of fused-ring (bicyclic) bond motifs is 1. The van der Waals surface area contributed by atoms with Crippen molar-refractivity contribution in [2.45, 2.75) is 83.5 Å². The summed E-state index contributed by atoms with van der Waals surface area (Å²) in [6, 6.07) is 22.4. The van der Waals surface area contributed by atoms with E-state index in [1.54, 1.807) is 4.90 Å². The fraction of sp³-hybridized carbons (Fsp3) is 0.419. The van der Waals surface area contributed by atoms with Gasteiger partial charge in [0.1, 0.15) is 11.2 Å². The molecule has 5 rings (SSSR count). The molecule has 0 radical (unpaired) electrons. The van der Waals surface area contributed by atoms with E-state index in [2.05, 4.69) is 48.6 Å². The van der Waals surface area contributed by atoms with Crippen molar-refractivity contribution in [3.8, 4) is 11.3 Å². The van der Waals surface area contributed by atoms with Gasteiger partial charge in [-0.25, -0.2) is 0 Å². The Bertz CT molecular complexity index is 1210. The van der Waals surface area contributed by atoms with E-state index in [0.717, 1.165) is 42.5 Å². The van der Waals surface area contributed by atoms with Crippen LogP contribution in [0.4, 0.5) is 0 Å². The number of carbonyl (C=O) groups excluding carboxylic acids is 2. The summed E-state index contributed by atoms with van der Waals surface area (Å²) in [5, 5.41) is 3.38. The lowest BCUT2D eigenvalue weighted by atomic mass is 9.91. The Hall–Kier alpha value is -3.34. The van der Waals surface area contributed by atoms with Gasteiger partial charge in [0.15, 0.2) is 0 Å². The van der Waals surface area contributed by atoms with Crippen molar-refractivity contribution in [3.05, 3.63) is 83.6 Å². The maximum absolute atomic E-state index is 14.0. The van der Waals surface area contributed by atoms with Gasteiger partial charge in [-0.15, -0.1) is 0 Å². The van der Waals surface area contributed by atoms with Gasteiger partial charge in [-0.3, -0.25) is 9.59 Å². The molecule has 5 nitrogen and oxygen atoms in total. The average molecular weight is 484 g/mol. The normalized spacial score (nSPS) is 20.9. The molecule has 2 heterocycles. The smallest absolute Gasteiger partial charge is 0.271 e. The maximum atomic E-state index is 14.0. The molecule has 1 saturated carbocycles. The number of amides is 2. The Labute approximate surface area is 214 Å². The van der Waals surface area contributed by atoms with Gasteiger partial charge in [0.2, 0.25) is 5.91 Å². The van der Waals surface area contributed by atoms with Gasteiger partial charge >= 0.3 is 0 Å². The molecule has 0 saturated heterocycles. The predicted octanol–water partition coefficient (Wildman–Crippen LogP) is 6.11. The van der Waals surface area contributed by atoms with E-state index in [1.165, 1.54) is 24.8 Å². The second-order valence-corrected chi connectivity index (χ2v) is 10.7. The van der Waals surface area contributed by atoms with E-state index < -0.39 is 5.54 Å². The van der Waals surface area contributed by atoms with Crippen molar-refractivity contribution < 1.29 is 9.59 Å². The van der Waals surface area contributed by atoms with Crippen LogP contribution in [-0.4, -0.2) is 32.9 Å². The second kappa shape index (κ2) is 10.3. The van der Waals surface area contributed by atoms with Gasteiger partial charge in [0.05, 0.1) is 6.54 Å². The van der Waals surface area contributed by atoms with Crippen LogP contribution in [-0.2, 0) is 17.9 Å². The van der Waals surface area contributed by atoms with Gasteiger partial charge in [0.25, 0.3) is 5.91 Å². The summed E-state index contributed by atoms with van der Waals surface area (Å²) in [6.07, 6.45) is 8.07. The molecule has 1 atom stereocenters. The minimum atomic E-state index is -1.00. The Morgan fingerprint density at radius 1 is 0.889 bits per heavy atom. The van der Waals surface area contributed by atoms with Crippen LogP contribution in [0.25, 0.3) is 11.3 Å². The molecule has 36 heavy (non-hydrogen) atoms. The number of nitrogens with one attached hydrogen (secondary N) is 1. The summed E-state index contributed by atoms with van der Waals surface area (Å²) < 4.78 is 2.04. The molecular formula is C31H37N3O2. The summed E-state index contributed by atoms with van der Waals surface area (Å²) in [4.78, 5) is 29.8. The van der Waals surface area contributed by atoms with Crippen LogP contribution in [0.1, 0.15) is 73.5 Å². The van der Waals surface area contributed by atoms with Gasteiger partial charge in [-0.05, 0) is 49.9 Å². The number of carbonyl (C=O) groups is 2. The lowest BCUT2D eigenvalue weighted by Gasteiger charge is -2.45. The number of hydrogen-bond donors (Lipinski definition) is 1. The first-order valence-corrected chi connectivity index (χ1v) is 13.4. The first-order chi connectivity index (χ1) is 17.5. The average Bonchev–Trinajstić information content (AvgIpc) is 3.28. The first kappa shape index (κ1) is 24.4. The molecule has 1 aliphatic heterocycles. The highest BCUT2D eigenvalue weighted by molar-refractivity contribution is 6.00. The summed E-state index contributed by atoms with van der Waals surface area (Å²) in [5.41, 5.74) is 3.86. The highest BCUT2D eigenvalue weighted by Crippen LogP contribution is 2.34. The summed E-state index contributed by atoms with van der Waals surface area (Å²) in [5.74, 6) is -0.147. The van der Waals surface area contributed by atoms with Crippen LogP contribution >= 0.6 is 0 Å². The fourth-order valence-electron chi connectivity index (χ4n) is 5.70. The third-order valence-corrected chi connectivity index (χ3v) is 7.97. The van der Waals surface area contributed by atoms with Crippen LogP contribution < -0.4 is 5.32 Å². The second-order valence-electron chi connectivity index (χ2n) is 10.7.